The molecule has 0 amide bonds. The lowest BCUT2D eigenvalue weighted by Gasteiger charge is -2.37. The molecular weight excluding hydrogens is 314 g/mol. The van der Waals surface area contributed by atoms with Crippen molar-refractivity contribution in [1.82, 2.24) is 15.0 Å². The number of rotatable bonds is 4. The van der Waals surface area contributed by atoms with Crippen molar-refractivity contribution in [2.75, 3.05) is 13.1 Å². The van der Waals surface area contributed by atoms with Crippen LogP contribution in [-0.4, -0.2) is 28.1 Å². The molecule has 124 valence electrons. The van der Waals surface area contributed by atoms with Crippen LogP contribution in [0.15, 0.2) is 69.8 Å². The first-order valence-electron chi connectivity index (χ1n) is 8.43. The van der Waals surface area contributed by atoms with Crippen LogP contribution < -0.4 is 0 Å². The fourth-order valence-corrected chi connectivity index (χ4v) is 3.43. The van der Waals surface area contributed by atoms with E-state index in [2.05, 4.69) is 57.5 Å². The predicted molar refractivity (Wildman–Crippen MR) is 94.0 cm³/mol. The fraction of sp³-hybridized carbons (Fsp3) is 0.200. The number of nitrogens with zero attached hydrogens (tertiary/aromatic N) is 3. The standard InChI is InChI=1S/C20H17N3O2/c1-2-8-17-14(5-1)6-3-7-15(17)11-23-12-16(13-23)20-21-19(22-25-20)18-9-4-10-24-18/h1-10,16H,11-13H2. The van der Waals surface area contributed by atoms with Crippen molar-refractivity contribution in [3.63, 3.8) is 0 Å². The molecule has 1 aliphatic rings. The molecule has 0 atom stereocenters. The van der Waals surface area contributed by atoms with Crippen molar-refractivity contribution in [1.29, 1.82) is 0 Å². The second-order valence-corrected chi connectivity index (χ2v) is 6.46. The molecule has 5 nitrogen and oxygen atoms in total. The third kappa shape index (κ3) is 2.62. The number of furan rings is 1. The first-order chi connectivity index (χ1) is 12.4. The van der Waals surface area contributed by atoms with Crippen molar-refractivity contribution in [3.8, 4) is 11.6 Å². The number of hydrogen-bond donors (Lipinski definition) is 0. The molecule has 0 saturated carbocycles. The quantitative estimate of drug-likeness (QED) is 0.564. The van der Waals surface area contributed by atoms with Crippen molar-refractivity contribution in [2.45, 2.75) is 12.5 Å². The minimum atomic E-state index is 0.297. The summed E-state index contributed by atoms with van der Waals surface area (Å²) in [6.45, 7) is 2.81. The average Bonchev–Trinajstić information content (AvgIpc) is 3.29. The summed E-state index contributed by atoms with van der Waals surface area (Å²) >= 11 is 0. The normalized spacial score (nSPS) is 15.5. The van der Waals surface area contributed by atoms with Crippen LogP contribution in [0.2, 0.25) is 0 Å². The van der Waals surface area contributed by atoms with Gasteiger partial charge in [0.2, 0.25) is 11.7 Å². The molecule has 25 heavy (non-hydrogen) atoms. The average molecular weight is 331 g/mol. The minimum absolute atomic E-state index is 0.297. The van der Waals surface area contributed by atoms with Gasteiger partial charge in [-0.3, -0.25) is 4.90 Å². The van der Waals surface area contributed by atoms with Crippen LogP contribution in [0.25, 0.3) is 22.4 Å². The zero-order valence-corrected chi connectivity index (χ0v) is 13.6. The smallest absolute Gasteiger partial charge is 0.238 e. The molecule has 4 aromatic rings. The van der Waals surface area contributed by atoms with E-state index in [1.54, 1.807) is 6.26 Å². The molecule has 0 radical (unpaired) electrons. The van der Waals surface area contributed by atoms with Gasteiger partial charge in [0.1, 0.15) is 0 Å². The third-order valence-corrected chi connectivity index (χ3v) is 4.76. The Morgan fingerprint density at radius 1 is 1.00 bits per heavy atom. The fourth-order valence-electron chi connectivity index (χ4n) is 3.43. The van der Waals surface area contributed by atoms with Gasteiger partial charge in [0.05, 0.1) is 12.2 Å². The summed E-state index contributed by atoms with van der Waals surface area (Å²) < 4.78 is 10.7. The van der Waals surface area contributed by atoms with Crippen LogP contribution in [0.1, 0.15) is 17.4 Å². The van der Waals surface area contributed by atoms with Gasteiger partial charge in [-0.1, -0.05) is 47.6 Å². The lowest BCUT2D eigenvalue weighted by molar-refractivity contribution is 0.118. The van der Waals surface area contributed by atoms with E-state index in [9.17, 15) is 0 Å². The molecule has 1 fully saturated rings. The Balaban J connectivity index is 1.28. The molecule has 5 rings (SSSR count). The topological polar surface area (TPSA) is 55.3 Å². The summed E-state index contributed by atoms with van der Waals surface area (Å²) in [6.07, 6.45) is 1.61. The van der Waals surface area contributed by atoms with Gasteiger partial charge in [-0.05, 0) is 28.5 Å². The van der Waals surface area contributed by atoms with E-state index in [1.165, 1.54) is 16.3 Å². The first kappa shape index (κ1) is 14.4. The highest BCUT2D eigenvalue weighted by Gasteiger charge is 2.33. The Hall–Kier alpha value is -2.92. The number of hydrogen-bond acceptors (Lipinski definition) is 5. The zero-order valence-electron chi connectivity index (χ0n) is 13.6. The highest BCUT2D eigenvalue weighted by atomic mass is 16.5. The van der Waals surface area contributed by atoms with E-state index in [1.807, 2.05) is 12.1 Å². The zero-order chi connectivity index (χ0) is 16.6. The summed E-state index contributed by atoms with van der Waals surface area (Å²) in [5, 5.41) is 6.63. The Bertz CT molecular complexity index is 995. The van der Waals surface area contributed by atoms with Crippen LogP contribution in [0, 0.1) is 0 Å². The molecule has 1 saturated heterocycles. The maximum absolute atomic E-state index is 5.41. The van der Waals surface area contributed by atoms with Gasteiger partial charge in [0.25, 0.3) is 0 Å². The van der Waals surface area contributed by atoms with Gasteiger partial charge in [-0.25, -0.2) is 0 Å². The molecule has 0 bridgehead atoms. The Morgan fingerprint density at radius 3 is 2.76 bits per heavy atom. The van der Waals surface area contributed by atoms with E-state index in [0.717, 1.165) is 19.6 Å². The molecule has 0 N–H and O–H groups in total. The van der Waals surface area contributed by atoms with Gasteiger partial charge in [-0.2, -0.15) is 4.98 Å². The number of likely N-dealkylation sites (tertiary alicyclic amines) is 1. The maximum atomic E-state index is 5.41. The van der Waals surface area contributed by atoms with Gasteiger partial charge in [0.15, 0.2) is 5.76 Å². The largest absolute Gasteiger partial charge is 0.461 e. The molecular formula is C20H17N3O2. The van der Waals surface area contributed by atoms with Crippen LogP contribution >= 0.6 is 0 Å². The summed E-state index contributed by atoms with van der Waals surface area (Å²) in [4.78, 5) is 6.87. The molecule has 0 spiro atoms. The molecule has 2 aromatic carbocycles. The SMILES string of the molecule is c1coc(-c2noc(C3CN(Cc4cccc5ccccc45)C3)n2)c1. The monoisotopic (exact) mass is 331 g/mol. The van der Waals surface area contributed by atoms with Gasteiger partial charge in [0, 0.05) is 19.6 Å². The van der Waals surface area contributed by atoms with Crippen molar-refractivity contribution < 1.29 is 8.94 Å². The lowest BCUT2D eigenvalue weighted by Crippen LogP contribution is -2.44. The molecule has 0 unspecified atom stereocenters. The molecule has 0 aliphatic carbocycles. The second kappa shape index (κ2) is 5.86. The predicted octanol–water partition coefficient (Wildman–Crippen LogP) is 4.08. The number of aromatic nitrogens is 2. The van der Waals surface area contributed by atoms with E-state index in [-0.39, 0.29) is 0 Å². The summed E-state index contributed by atoms with van der Waals surface area (Å²) in [7, 11) is 0. The van der Waals surface area contributed by atoms with E-state index >= 15 is 0 Å². The van der Waals surface area contributed by atoms with Crippen LogP contribution in [0.4, 0.5) is 0 Å². The first-order valence-corrected chi connectivity index (χ1v) is 8.43. The van der Waals surface area contributed by atoms with Gasteiger partial charge in [-0.15, -0.1) is 0 Å². The Labute approximate surface area is 144 Å². The lowest BCUT2D eigenvalue weighted by atomic mass is 9.97. The number of benzene rings is 2. The van der Waals surface area contributed by atoms with Crippen LogP contribution in [-0.2, 0) is 6.54 Å². The highest BCUT2D eigenvalue weighted by molar-refractivity contribution is 5.85. The molecule has 2 aromatic heterocycles. The number of fused-ring (bicyclic) bond motifs is 1. The van der Waals surface area contributed by atoms with E-state index in [4.69, 9.17) is 8.94 Å². The van der Waals surface area contributed by atoms with E-state index in [0.29, 0.717) is 23.4 Å². The minimum Gasteiger partial charge on any atom is -0.461 e. The maximum Gasteiger partial charge on any atom is 0.238 e. The molecule has 1 aliphatic heterocycles. The van der Waals surface area contributed by atoms with Gasteiger partial charge >= 0.3 is 0 Å². The van der Waals surface area contributed by atoms with Gasteiger partial charge < -0.3 is 8.94 Å². The summed E-state index contributed by atoms with van der Waals surface area (Å²) in [5.74, 6) is 2.15. The van der Waals surface area contributed by atoms with Crippen molar-refractivity contribution in [3.05, 3.63) is 72.3 Å². The molecule has 5 heteroatoms. The van der Waals surface area contributed by atoms with Crippen molar-refractivity contribution >= 4 is 10.8 Å². The van der Waals surface area contributed by atoms with Crippen LogP contribution in [0.3, 0.4) is 0 Å². The molecule has 3 heterocycles. The Morgan fingerprint density at radius 2 is 1.88 bits per heavy atom. The van der Waals surface area contributed by atoms with E-state index < -0.39 is 0 Å². The summed E-state index contributed by atoms with van der Waals surface area (Å²) in [6, 6.07) is 18.7. The third-order valence-electron chi connectivity index (χ3n) is 4.76. The summed E-state index contributed by atoms with van der Waals surface area (Å²) in [5.41, 5.74) is 1.36. The second-order valence-electron chi connectivity index (χ2n) is 6.46. The van der Waals surface area contributed by atoms with Crippen LogP contribution in [0.5, 0.6) is 0 Å². The Kier molecular flexibility index (Phi) is 3.38. The van der Waals surface area contributed by atoms with Crippen molar-refractivity contribution in [2.24, 2.45) is 0 Å². The highest BCUT2D eigenvalue weighted by Crippen LogP contribution is 2.30.